The van der Waals surface area contributed by atoms with Gasteiger partial charge in [0.2, 0.25) is 6.79 Å². The zero-order valence-corrected chi connectivity index (χ0v) is 20.1. The second-order valence-corrected chi connectivity index (χ2v) is 7.64. The highest BCUT2D eigenvalue weighted by Crippen LogP contribution is 2.31. The Labute approximate surface area is 199 Å². The molecule has 0 fully saturated rings. The molecule has 0 radical (unpaired) electrons. The van der Waals surface area contributed by atoms with Crippen molar-refractivity contribution in [3.63, 3.8) is 0 Å². The summed E-state index contributed by atoms with van der Waals surface area (Å²) in [5, 5.41) is 0. The molecule has 1 aromatic carbocycles. The number of Topliss-reactive ketones (excluding diaryl/α,β-unsaturated/α-hetero) is 1. The molecule has 0 unspecified atom stereocenters. The molecule has 1 aromatic heterocycles. The SMILES string of the molecule is CC[C@@H](OC(=O)[C@H](C)CC(=O)c1nccc(OC)c1OCOC(C)=O)[C@@H](C)Oc1ccccc1. The van der Waals surface area contributed by atoms with Crippen molar-refractivity contribution in [2.75, 3.05) is 13.9 Å². The lowest BCUT2D eigenvalue weighted by molar-refractivity contribution is -0.158. The van der Waals surface area contributed by atoms with Crippen molar-refractivity contribution in [1.82, 2.24) is 4.98 Å². The van der Waals surface area contributed by atoms with Crippen molar-refractivity contribution in [3.8, 4) is 17.2 Å². The van der Waals surface area contributed by atoms with E-state index in [9.17, 15) is 14.4 Å². The average molecular weight is 474 g/mol. The number of hydrogen-bond donors (Lipinski definition) is 0. The lowest BCUT2D eigenvalue weighted by atomic mass is 10.0. The summed E-state index contributed by atoms with van der Waals surface area (Å²) in [5.41, 5.74) is -0.0287. The number of pyridine rings is 1. The second kappa shape index (κ2) is 13.2. The normalized spacial score (nSPS) is 13.2. The van der Waals surface area contributed by atoms with Crippen LogP contribution >= 0.6 is 0 Å². The van der Waals surface area contributed by atoms with Gasteiger partial charge >= 0.3 is 11.9 Å². The van der Waals surface area contributed by atoms with Crippen LogP contribution in [0.3, 0.4) is 0 Å². The first-order valence-electron chi connectivity index (χ1n) is 11.0. The predicted octanol–water partition coefficient (Wildman–Crippen LogP) is 3.99. The molecule has 0 aliphatic heterocycles. The number of aromatic nitrogens is 1. The topological polar surface area (TPSA) is 110 Å². The largest absolute Gasteiger partial charge is 0.493 e. The van der Waals surface area contributed by atoms with E-state index in [1.54, 1.807) is 6.92 Å². The van der Waals surface area contributed by atoms with Crippen LogP contribution in [-0.2, 0) is 19.1 Å². The Kier molecular flexibility index (Phi) is 10.3. The van der Waals surface area contributed by atoms with Crippen molar-refractivity contribution in [3.05, 3.63) is 48.3 Å². The van der Waals surface area contributed by atoms with Crippen molar-refractivity contribution in [2.45, 2.75) is 52.7 Å². The van der Waals surface area contributed by atoms with Crippen molar-refractivity contribution in [1.29, 1.82) is 0 Å². The number of carbonyl (C=O) groups excluding carboxylic acids is 3. The minimum Gasteiger partial charge on any atom is -0.493 e. The third kappa shape index (κ3) is 7.75. The summed E-state index contributed by atoms with van der Waals surface area (Å²) in [6.45, 7) is 6.16. The minimum atomic E-state index is -0.736. The van der Waals surface area contributed by atoms with E-state index in [1.165, 1.54) is 26.3 Å². The molecule has 9 nitrogen and oxygen atoms in total. The number of esters is 2. The standard InChI is InChI=1S/C25H31NO8/c1-6-21(17(3)33-19-10-8-7-9-11-19)34-25(29)16(2)14-20(28)23-24(32-15-31-18(4)27)22(30-5)12-13-26-23/h7-13,16-17,21H,6,14-15H2,1-5H3/t16-,17-,21-/m1/s1. The molecule has 3 atom stereocenters. The molecule has 1 heterocycles. The smallest absolute Gasteiger partial charge is 0.309 e. The van der Waals surface area contributed by atoms with Crippen molar-refractivity contribution in [2.24, 2.45) is 5.92 Å². The van der Waals surface area contributed by atoms with Crippen LogP contribution < -0.4 is 14.2 Å². The third-order valence-electron chi connectivity index (χ3n) is 4.97. The van der Waals surface area contributed by atoms with Gasteiger partial charge in [0.05, 0.1) is 13.0 Å². The molecule has 0 amide bonds. The summed E-state index contributed by atoms with van der Waals surface area (Å²) < 4.78 is 26.9. The van der Waals surface area contributed by atoms with Crippen LogP contribution in [0.25, 0.3) is 0 Å². The van der Waals surface area contributed by atoms with Gasteiger partial charge in [-0.25, -0.2) is 4.98 Å². The lowest BCUT2D eigenvalue weighted by Crippen LogP contribution is -2.35. The van der Waals surface area contributed by atoms with Gasteiger partial charge in [-0.3, -0.25) is 14.4 Å². The van der Waals surface area contributed by atoms with Crippen molar-refractivity contribution < 1.29 is 38.1 Å². The van der Waals surface area contributed by atoms with Crippen LogP contribution in [0.15, 0.2) is 42.6 Å². The third-order valence-corrected chi connectivity index (χ3v) is 4.97. The fraction of sp³-hybridized carbons (Fsp3) is 0.440. The van der Waals surface area contributed by atoms with Crippen LogP contribution in [0.2, 0.25) is 0 Å². The molecule has 0 saturated carbocycles. The Morgan fingerprint density at radius 2 is 1.76 bits per heavy atom. The fourth-order valence-electron chi connectivity index (χ4n) is 3.12. The first-order chi connectivity index (χ1) is 16.3. The number of hydrogen-bond acceptors (Lipinski definition) is 9. The highest BCUT2D eigenvalue weighted by molar-refractivity contribution is 5.99. The average Bonchev–Trinajstić information content (AvgIpc) is 2.82. The molecule has 184 valence electrons. The van der Waals surface area contributed by atoms with Gasteiger partial charge in [0.15, 0.2) is 23.0 Å². The van der Waals surface area contributed by atoms with Crippen molar-refractivity contribution >= 4 is 17.7 Å². The number of nitrogens with zero attached hydrogens (tertiary/aromatic N) is 1. The van der Waals surface area contributed by atoms with Gasteiger partial charge in [-0.05, 0) is 25.5 Å². The Morgan fingerprint density at radius 3 is 2.38 bits per heavy atom. The summed E-state index contributed by atoms with van der Waals surface area (Å²) in [7, 11) is 1.41. The van der Waals surface area contributed by atoms with Gasteiger partial charge in [-0.15, -0.1) is 0 Å². The highest BCUT2D eigenvalue weighted by atomic mass is 16.7. The predicted molar refractivity (Wildman–Crippen MR) is 123 cm³/mol. The molecular formula is C25H31NO8. The summed E-state index contributed by atoms with van der Waals surface area (Å²) in [5.74, 6) is -1.27. The maximum atomic E-state index is 12.9. The first-order valence-corrected chi connectivity index (χ1v) is 11.0. The van der Waals surface area contributed by atoms with Gasteiger partial charge in [-0.1, -0.05) is 32.0 Å². The molecule has 0 saturated heterocycles. The summed E-state index contributed by atoms with van der Waals surface area (Å²) in [6.07, 6.45) is 0.923. The molecule has 0 bridgehead atoms. The molecule has 0 aliphatic carbocycles. The molecule has 0 N–H and O–H groups in total. The second-order valence-electron chi connectivity index (χ2n) is 7.64. The molecule has 2 aromatic rings. The number of ether oxygens (including phenoxy) is 5. The van der Waals surface area contributed by atoms with E-state index in [0.717, 1.165) is 0 Å². The molecule has 9 heteroatoms. The van der Waals surface area contributed by atoms with Crippen LogP contribution in [0.5, 0.6) is 17.2 Å². The Morgan fingerprint density at radius 1 is 1.06 bits per heavy atom. The maximum Gasteiger partial charge on any atom is 0.309 e. The van der Waals surface area contributed by atoms with Gasteiger partial charge < -0.3 is 23.7 Å². The maximum absolute atomic E-state index is 12.9. The zero-order valence-electron chi connectivity index (χ0n) is 20.1. The van der Waals surface area contributed by atoms with Gasteiger partial charge in [0.25, 0.3) is 0 Å². The van der Waals surface area contributed by atoms with Crippen LogP contribution in [0, 0.1) is 5.92 Å². The van der Waals surface area contributed by atoms with Crippen LogP contribution in [0.1, 0.15) is 51.0 Å². The Hall–Kier alpha value is -3.62. The first kappa shape index (κ1) is 26.6. The van der Waals surface area contributed by atoms with E-state index < -0.39 is 36.5 Å². The molecule has 34 heavy (non-hydrogen) atoms. The van der Waals surface area contributed by atoms with Crippen LogP contribution in [-0.4, -0.2) is 48.8 Å². The van der Waals surface area contributed by atoms with Gasteiger partial charge in [0, 0.05) is 25.6 Å². The Bertz CT molecular complexity index is 963. The van der Waals surface area contributed by atoms with Crippen LogP contribution in [0.4, 0.5) is 0 Å². The zero-order chi connectivity index (χ0) is 25.1. The summed E-state index contributed by atoms with van der Waals surface area (Å²) in [6, 6.07) is 10.8. The quantitative estimate of drug-likeness (QED) is 0.242. The fourth-order valence-corrected chi connectivity index (χ4v) is 3.12. The molecule has 0 spiro atoms. The number of carbonyl (C=O) groups is 3. The van der Waals surface area contributed by atoms with E-state index in [-0.39, 0.29) is 29.7 Å². The molecule has 0 aliphatic rings. The Balaban J connectivity index is 2.03. The van der Waals surface area contributed by atoms with Gasteiger partial charge in [-0.2, -0.15) is 0 Å². The molecule has 2 rings (SSSR count). The minimum absolute atomic E-state index is 0.0287. The van der Waals surface area contributed by atoms with E-state index in [4.69, 9.17) is 23.7 Å². The molecular weight excluding hydrogens is 442 g/mol. The number of benzene rings is 1. The summed E-state index contributed by atoms with van der Waals surface area (Å²) >= 11 is 0. The van der Waals surface area contributed by atoms with E-state index in [1.807, 2.05) is 44.2 Å². The number of para-hydroxylation sites is 1. The highest BCUT2D eigenvalue weighted by Gasteiger charge is 2.28. The summed E-state index contributed by atoms with van der Waals surface area (Å²) in [4.78, 5) is 40.8. The van der Waals surface area contributed by atoms with E-state index >= 15 is 0 Å². The van der Waals surface area contributed by atoms with E-state index in [0.29, 0.717) is 12.2 Å². The monoisotopic (exact) mass is 473 g/mol. The number of methoxy groups -OCH3 is 1. The number of ketones is 1. The van der Waals surface area contributed by atoms with Gasteiger partial charge in [0.1, 0.15) is 18.0 Å². The van der Waals surface area contributed by atoms with E-state index in [2.05, 4.69) is 4.98 Å². The number of rotatable bonds is 13. The lowest BCUT2D eigenvalue weighted by Gasteiger charge is -2.25.